The standard InChI is InChI=1S/C31H37NO4S/c1-23-16-18-27(19-17-23)37(35)24(2)20-29(33)28(21-25-12-8-6-9-13-25)32(30(34)36-31(3,4)5)22-26-14-10-7-11-15-26/h6-19,28-29,33H,2,20-22H2,1,3-5H3/t28-,29-,37?/m1/s1. The number of nitrogens with zero attached hydrogens (tertiary/aromatic N) is 1. The van der Waals surface area contributed by atoms with Crippen LogP contribution in [-0.2, 0) is 28.5 Å². The molecule has 196 valence electrons. The van der Waals surface area contributed by atoms with Gasteiger partial charge in [0.1, 0.15) is 5.60 Å². The fourth-order valence-corrected chi connectivity index (χ4v) is 5.04. The van der Waals surface area contributed by atoms with Gasteiger partial charge < -0.3 is 9.84 Å². The Morgan fingerprint density at radius 2 is 1.49 bits per heavy atom. The van der Waals surface area contributed by atoms with Crippen LogP contribution >= 0.6 is 0 Å². The van der Waals surface area contributed by atoms with E-state index in [-0.39, 0.29) is 13.0 Å². The molecule has 0 aliphatic heterocycles. The molecule has 0 bridgehead atoms. The molecule has 3 aromatic rings. The fourth-order valence-electron chi connectivity index (χ4n) is 4.00. The lowest BCUT2D eigenvalue weighted by Gasteiger charge is -2.36. The Bertz CT molecular complexity index is 1190. The lowest BCUT2D eigenvalue weighted by molar-refractivity contribution is -0.00830. The van der Waals surface area contributed by atoms with Gasteiger partial charge in [0.05, 0.1) is 22.9 Å². The van der Waals surface area contributed by atoms with Gasteiger partial charge in [-0.1, -0.05) is 84.9 Å². The van der Waals surface area contributed by atoms with Crippen LogP contribution < -0.4 is 0 Å². The molecule has 3 rings (SSSR count). The number of aliphatic hydroxyl groups excluding tert-OH is 1. The summed E-state index contributed by atoms with van der Waals surface area (Å²) in [4.78, 5) is 16.1. The largest absolute Gasteiger partial charge is 0.444 e. The van der Waals surface area contributed by atoms with Crippen LogP contribution in [0.3, 0.4) is 0 Å². The third-order valence-corrected chi connectivity index (χ3v) is 7.28. The van der Waals surface area contributed by atoms with Crippen molar-refractivity contribution in [3.05, 3.63) is 113 Å². The molecular weight excluding hydrogens is 482 g/mol. The summed E-state index contributed by atoms with van der Waals surface area (Å²) in [7, 11) is -1.49. The second kappa shape index (κ2) is 12.8. The predicted molar refractivity (Wildman–Crippen MR) is 150 cm³/mol. The van der Waals surface area contributed by atoms with Crippen LogP contribution in [0.15, 0.2) is 101 Å². The highest BCUT2D eigenvalue weighted by molar-refractivity contribution is 7.89. The Morgan fingerprint density at radius 1 is 0.946 bits per heavy atom. The van der Waals surface area contributed by atoms with Crippen molar-refractivity contribution in [3.8, 4) is 0 Å². The summed E-state index contributed by atoms with van der Waals surface area (Å²) in [5.74, 6) is 0. The molecule has 0 radical (unpaired) electrons. The second-order valence-electron chi connectivity index (χ2n) is 10.2. The zero-order valence-corrected chi connectivity index (χ0v) is 22.9. The van der Waals surface area contributed by atoms with Gasteiger partial charge in [-0.3, -0.25) is 4.90 Å². The maximum Gasteiger partial charge on any atom is 0.410 e. The van der Waals surface area contributed by atoms with Crippen LogP contribution in [0.4, 0.5) is 4.79 Å². The first-order chi connectivity index (χ1) is 17.5. The van der Waals surface area contributed by atoms with E-state index in [0.717, 1.165) is 16.7 Å². The van der Waals surface area contributed by atoms with Crippen molar-refractivity contribution in [1.29, 1.82) is 0 Å². The molecular formula is C31H37NO4S. The molecule has 1 unspecified atom stereocenters. The molecule has 0 fully saturated rings. The molecule has 0 saturated heterocycles. The quantitative estimate of drug-likeness (QED) is 0.336. The van der Waals surface area contributed by atoms with Gasteiger partial charge in [0.25, 0.3) is 0 Å². The van der Waals surface area contributed by atoms with Crippen molar-refractivity contribution in [3.63, 3.8) is 0 Å². The zero-order valence-electron chi connectivity index (χ0n) is 22.1. The molecule has 37 heavy (non-hydrogen) atoms. The molecule has 5 nitrogen and oxygen atoms in total. The van der Waals surface area contributed by atoms with E-state index in [2.05, 4.69) is 6.58 Å². The molecule has 0 spiro atoms. The highest BCUT2D eigenvalue weighted by atomic mass is 32.2. The van der Waals surface area contributed by atoms with Crippen molar-refractivity contribution < 1.29 is 18.8 Å². The Balaban J connectivity index is 1.92. The van der Waals surface area contributed by atoms with Crippen molar-refractivity contribution in [2.75, 3.05) is 0 Å². The number of hydrogen-bond donors (Lipinski definition) is 1. The average molecular weight is 520 g/mol. The lowest BCUT2D eigenvalue weighted by atomic mass is 9.97. The van der Waals surface area contributed by atoms with Gasteiger partial charge in [0.2, 0.25) is 0 Å². The molecule has 0 aliphatic rings. The molecule has 0 saturated carbocycles. The van der Waals surface area contributed by atoms with Crippen molar-refractivity contribution in [1.82, 2.24) is 4.90 Å². The fraction of sp³-hybridized carbons (Fsp3) is 0.323. The number of amides is 1. The van der Waals surface area contributed by atoms with E-state index in [4.69, 9.17) is 4.74 Å². The Labute approximate surface area is 223 Å². The van der Waals surface area contributed by atoms with Crippen LogP contribution in [0.2, 0.25) is 0 Å². The summed E-state index contributed by atoms with van der Waals surface area (Å²) in [5, 5.41) is 11.5. The van der Waals surface area contributed by atoms with Gasteiger partial charge in [-0.2, -0.15) is 0 Å². The Hall–Kier alpha value is -3.22. The first kappa shape index (κ1) is 28.4. The van der Waals surface area contributed by atoms with E-state index in [0.29, 0.717) is 16.2 Å². The number of ether oxygens (including phenoxy) is 1. The highest BCUT2D eigenvalue weighted by Crippen LogP contribution is 2.25. The lowest BCUT2D eigenvalue weighted by Crippen LogP contribution is -2.49. The van der Waals surface area contributed by atoms with Gasteiger partial charge >= 0.3 is 6.09 Å². The minimum Gasteiger partial charge on any atom is -0.444 e. The van der Waals surface area contributed by atoms with Crippen molar-refractivity contribution >= 4 is 16.9 Å². The highest BCUT2D eigenvalue weighted by Gasteiger charge is 2.34. The summed E-state index contributed by atoms with van der Waals surface area (Å²) < 4.78 is 18.9. The van der Waals surface area contributed by atoms with E-state index in [1.807, 2.05) is 113 Å². The van der Waals surface area contributed by atoms with Crippen LogP contribution in [0.1, 0.15) is 43.9 Å². The molecule has 1 amide bonds. The molecule has 0 aromatic heterocycles. The summed E-state index contributed by atoms with van der Waals surface area (Å²) in [6.45, 7) is 11.7. The number of rotatable bonds is 10. The summed E-state index contributed by atoms with van der Waals surface area (Å²) in [6.07, 6.45) is -1.05. The van der Waals surface area contributed by atoms with Gasteiger partial charge in [-0.25, -0.2) is 9.00 Å². The number of carbonyl (C=O) groups is 1. The van der Waals surface area contributed by atoms with Gasteiger partial charge in [0, 0.05) is 22.8 Å². The third-order valence-electron chi connectivity index (χ3n) is 5.89. The number of carbonyl (C=O) groups excluding carboxylic acids is 1. The minimum absolute atomic E-state index is 0.0755. The number of hydrogen-bond acceptors (Lipinski definition) is 4. The third kappa shape index (κ3) is 8.69. The van der Waals surface area contributed by atoms with Crippen LogP contribution in [0.25, 0.3) is 0 Å². The maximum atomic E-state index is 13.5. The van der Waals surface area contributed by atoms with Gasteiger partial charge in [-0.05, 0) is 57.4 Å². The number of aliphatic hydroxyl groups is 1. The number of aryl methyl sites for hydroxylation is 1. The van der Waals surface area contributed by atoms with Crippen LogP contribution in [-0.4, -0.2) is 38.1 Å². The van der Waals surface area contributed by atoms with Crippen LogP contribution in [0.5, 0.6) is 0 Å². The Morgan fingerprint density at radius 3 is 2.03 bits per heavy atom. The van der Waals surface area contributed by atoms with E-state index >= 15 is 0 Å². The molecule has 0 aliphatic carbocycles. The molecule has 3 aromatic carbocycles. The molecule has 1 N–H and O–H groups in total. The topological polar surface area (TPSA) is 66.8 Å². The summed E-state index contributed by atoms with van der Waals surface area (Å²) >= 11 is 0. The zero-order chi connectivity index (χ0) is 27.0. The maximum absolute atomic E-state index is 13.5. The van der Waals surface area contributed by atoms with E-state index in [1.54, 1.807) is 4.90 Å². The second-order valence-corrected chi connectivity index (χ2v) is 11.8. The normalized spacial score (nSPS) is 13.9. The summed E-state index contributed by atoms with van der Waals surface area (Å²) in [5.41, 5.74) is 2.26. The first-order valence-corrected chi connectivity index (χ1v) is 13.6. The Kier molecular flexibility index (Phi) is 9.84. The molecule has 0 heterocycles. The summed E-state index contributed by atoms with van der Waals surface area (Å²) in [6, 6.07) is 26.1. The minimum atomic E-state index is -1.49. The van der Waals surface area contributed by atoms with Crippen molar-refractivity contribution in [2.45, 2.75) is 69.7 Å². The van der Waals surface area contributed by atoms with Crippen molar-refractivity contribution in [2.24, 2.45) is 0 Å². The monoisotopic (exact) mass is 519 g/mol. The van der Waals surface area contributed by atoms with Gasteiger partial charge in [0.15, 0.2) is 0 Å². The SMILES string of the molecule is C=C(C[C@@H](O)[C@@H](Cc1ccccc1)N(Cc1ccccc1)C(=O)OC(C)(C)C)S(=O)c1ccc(C)cc1. The van der Waals surface area contributed by atoms with Crippen LogP contribution in [0, 0.1) is 6.92 Å². The molecule has 3 atom stereocenters. The average Bonchev–Trinajstić information content (AvgIpc) is 2.86. The molecule has 6 heteroatoms. The van der Waals surface area contributed by atoms with Gasteiger partial charge in [-0.15, -0.1) is 0 Å². The predicted octanol–water partition coefficient (Wildman–Crippen LogP) is 6.42. The number of benzene rings is 3. The first-order valence-electron chi connectivity index (χ1n) is 12.5. The van der Waals surface area contributed by atoms with E-state index in [9.17, 15) is 14.1 Å². The van der Waals surface area contributed by atoms with E-state index < -0.39 is 34.6 Å². The van der Waals surface area contributed by atoms with E-state index in [1.165, 1.54) is 0 Å². The smallest absolute Gasteiger partial charge is 0.410 e.